The molecule has 7 nitrogen and oxygen atoms in total. The number of hydrogen-bond acceptors (Lipinski definition) is 5. The lowest BCUT2D eigenvalue weighted by Crippen LogP contribution is -2.24. The molecule has 1 aromatic heterocycles. The average molecular weight is 446 g/mol. The smallest absolute Gasteiger partial charge is 0.277 e. The van der Waals surface area contributed by atoms with Crippen molar-refractivity contribution >= 4 is 23.7 Å². The molecule has 0 aliphatic rings. The molecule has 0 unspecified atom stereocenters. The SMILES string of the molecule is O=C(NCc1ccccc1)c1nnn(/N=C/c2ccc(Cl)cc2)c1OCc1ccccc1. The number of ether oxygens (including phenoxy) is 1. The van der Waals surface area contributed by atoms with E-state index in [9.17, 15) is 4.79 Å². The first-order chi connectivity index (χ1) is 15.7. The number of benzene rings is 3. The number of hydrogen-bond donors (Lipinski definition) is 1. The van der Waals surface area contributed by atoms with E-state index in [4.69, 9.17) is 16.3 Å². The maximum absolute atomic E-state index is 12.8. The highest BCUT2D eigenvalue weighted by atomic mass is 35.5. The maximum Gasteiger partial charge on any atom is 0.277 e. The van der Waals surface area contributed by atoms with E-state index in [0.29, 0.717) is 11.6 Å². The summed E-state index contributed by atoms with van der Waals surface area (Å²) in [5, 5.41) is 15.8. The number of nitrogens with zero attached hydrogens (tertiary/aromatic N) is 4. The third kappa shape index (κ3) is 5.59. The normalized spacial score (nSPS) is 10.9. The summed E-state index contributed by atoms with van der Waals surface area (Å²) in [6.45, 7) is 0.600. The average Bonchev–Trinajstić information content (AvgIpc) is 3.25. The predicted molar refractivity (Wildman–Crippen MR) is 123 cm³/mol. The van der Waals surface area contributed by atoms with Crippen LogP contribution in [0, 0.1) is 0 Å². The Morgan fingerprint density at radius 3 is 2.31 bits per heavy atom. The lowest BCUT2D eigenvalue weighted by molar-refractivity contribution is 0.0940. The van der Waals surface area contributed by atoms with Gasteiger partial charge in [0.2, 0.25) is 5.69 Å². The zero-order valence-electron chi connectivity index (χ0n) is 17.1. The van der Waals surface area contributed by atoms with Crippen LogP contribution < -0.4 is 10.1 Å². The van der Waals surface area contributed by atoms with Gasteiger partial charge in [-0.05, 0) is 34.0 Å². The molecular formula is C24H20ClN5O2. The summed E-state index contributed by atoms with van der Waals surface area (Å²) >= 11 is 5.93. The zero-order chi connectivity index (χ0) is 22.2. The minimum absolute atomic E-state index is 0.0603. The first-order valence-corrected chi connectivity index (χ1v) is 10.3. The van der Waals surface area contributed by atoms with E-state index < -0.39 is 5.91 Å². The summed E-state index contributed by atoms with van der Waals surface area (Å²) in [4.78, 5) is 14.0. The van der Waals surface area contributed by atoms with Crippen molar-refractivity contribution in [1.29, 1.82) is 0 Å². The standard InChI is InChI=1S/C24H20ClN5O2/c25-21-13-11-19(12-14-21)16-27-30-24(32-17-20-9-5-2-6-10-20)22(28-29-30)23(31)26-15-18-7-3-1-4-8-18/h1-14,16H,15,17H2,(H,26,31)/b27-16+. The first-order valence-electron chi connectivity index (χ1n) is 9.93. The van der Waals surface area contributed by atoms with Crippen molar-refractivity contribution in [3.8, 4) is 5.88 Å². The van der Waals surface area contributed by atoms with Gasteiger partial charge >= 0.3 is 0 Å². The van der Waals surface area contributed by atoms with Crippen LogP contribution in [-0.4, -0.2) is 27.2 Å². The van der Waals surface area contributed by atoms with Crippen molar-refractivity contribution < 1.29 is 9.53 Å². The largest absolute Gasteiger partial charge is 0.470 e. The zero-order valence-corrected chi connectivity index (χ0v) is 17.8. The molecular weight excluding hydrogens is 426 g/mol. The van der Waals surface area contributed by atoms with Crippen LogP contribution in [-0.2, 0) is 13.2 Å². The Morgan fingerprint density at radius 1 is 0.969 bits per heavy atom. The van der Waals surface area contributed by atoms with Crippen molar-refractivity contribution in [1.82, 2.24) is 20.4 Å². The lowest BCUT2D eigenvalue weighted by Gasteiger charge is -2.08. The van der Waals surface area contributed by atoms with Gasteiger partial charge in [0.1, 0.15) is 6.61 Å². The first kappa shape index (κ1) is 21.3. The van der Waals surface area contributed by atoms with Crippen LogP contribution in [0.2, 0.25) is 5.02 Å². The van der Waals surface area contributed by atoms with Gasteiger partial charge in [0.05, 0.1) is 6.21 Å². The van der Waals surface area contributed by atoms with E-state index >= 15 is 0 Å². The lowest BCUT2D eigenvalue weighted by atomic mass is 10.2. The quantitative estimate of drug-likeness (QED) is 0.409. The topological polar surface area (TPSA) is 81.4 Å². The van der Waals surface area contributed by atoms with E-state index in [2.05, 4.69) is 20.7 Å². The summed E-state index contributed by atoms with van der Waals surface area (Å²) in [5.74, 6) is -0.241. The van der Waals surface area contributed by atoms with Crippen LogP contribution in [0.15, 0.2) is 90.0 Å². The van der Waals surface area contributed by atoms with E-state index in [1.807, 2.05) is 72.8 Å². The molecule has 3 aromatic carbocycles. The summed E-state index contributed by atoms with van der Waals surface area (Å²) in [6, 6.07) is 26.4. The number of rotatable bonds is 8. The second-order valence-electron chi connectivity index (χ2n) is 6.87. The Kier molecular flexibility index (Phi) is 6.89. The molecule has 8 heteroatoms. The molecule has 1 N–H and O–H groups in total. The van der Waals surface area contributed by atoms with Crippen molar-refractivity contribution in [3.05, 3.63) is 112 Å². The minimum Gasteiger partial charge on any atom is -0.470 e. The molecule has 1 amide bonds. The van der Waals surface area contributed by atoms with Gasteiger partial charge in [-0.25, -0.2) is 0 Å². The molecule has 0 radical (unpaired) electrons. The van der Waals surface area contributed by atoms with Gasteiger partial charge in [0.25, 0.3) is 11.8 Å². The van der Waals surface area contributed by atoms with Crippen molar-refractivity contribution in [3.63, 3.8) is 0 Å². The predicted octanol–water partition coefficient (Wildman–Crippen LogP) is 4.32. The Hall–Kier alpha value is -3.97. The van der Waals surface area contributed by atoms with Crippen molar-refractivity contribution in [2.75, 3.05) is 0 Å². The van der Waals surface area contributed by atoms with Crippen LogP contribution >= 0.6 is 11.6 Å². The van der Waals surface area contributed by atoms with Crippen LogP contribution in [0.3, 0.4) is 0 Å². The van der Waals surface area contributed by atoms with E-state index in [1.165, 1.54) is 4.79 Å². The van der Waals surface area contributed by atoms with E-state index in [-0.39, 0.29) is 18.2 Å². The molecule has 0 saturated carbocycles. The molecule has 0 bridgehead atoms. The highest BCUT2D eigenvalue weighted by Gasteiger charge is 2.21. The van der Waals surface area contributed by atoms with Crippen molar-refractivity contribution in [2.45, 2.75) is 13.2 Å². The molecule has 0 fully saturated rings. The van der Waals surface area contributed by atoms with Gasteiger partial charge in [-0.1, -0.05) is 89.2 Å². The molecule has 0 atom stereocenters. The van der Waals surface area contributed by atoms with Crippen LogP contribution in [0.25, 0.3) is 0 Å². The van der Waals surface area contributed by atoms with Gasteiger partial charge in [-0.15, -0.1) is 5.10 Å². The van der Waals surface area contributed by atoms with Gasteiger partial charge in [-0.2, -0.15) is 5.10 Å². The fraction of sp³-hybridized carbons (Fsp3) is 0.0833. The number of amides is 1. The van der Waals surface area contributed by atoms with Crippen LogP contribution in [0.4, 0.5) is 0 Å². The number of halogens is 1. The molecule has 1 heterocycles. The molecule has 4 rings (SSSR count). The van der Waals surface area contributed by atoms with Crippen LogP contribution in [0.5, 0.6) is 5.88 Å². The van der Waals surface area contributed by atoms with Gasteiger partial charge in [-0.3, -0.25) is 4.79 Å². The van der Waals surface area contributed by atoms with Gasteiger partial charge < -0.3 is 10.1 Å². The Balaban J connectivity index is 1.55. The third-order valence-electron chi connectivity index (χ3n) is 4.53. The monoisotopic (exact) mass is 445 g/mol. The molecule has 4 aromatic rings. The second kappa shape index (κ2) is 10.4. The third-order valence-corrected chi connectivity index (χ3v) is 4.78. The maximum atomic E-state index is 12.8. The Labute approximate surface area is 190 Å². The summed E-state index contributed by atoms with van der Waals surface area (Å²) in [5.41, 5.74) is 2.79. The summed E-state index contributed by atoms with van der Waals surface area (Å²) < 4.78 is 5.92. The fourth-order valence-corrected chi connectivity index (χ4v) is 2.99. The highest BCUT2D eigenvalue weighted by molar-refractivity contribution is 6.30. The molecule has 0 aliphatic heterocycles. The molecule has 0 aliphatic carbocycles. The number of nitrogens with one attached hydrogen (secondary N) is 1. The number of aromatic nitrogens is 3. The minimum atomic E-state index is -0.398. The molecule has 32 heavy (non-hydrogen) atoms. The molecule has 160 valence electrons. The molecule has 0 spiro atoms. The van der Waals surface area contributed by atoms with E-state index in [0.717, 1.165) is 16.7 Å². The number of carbonyl (C=O) groups excluding carboxylic acids is 1. The van der Waals surface area contributed by atoms with Crippen molar-refractivity contribution in [2.24, 2.45) is 5.10 Å². The number of carbonyl (C=O) groups is 1. The van der Waals surface area contributed by atoms with Crippen LogP contribution in [0.1, 0.15) is 27.2 Å². The summed E-state index contributed by atoms with van der Waals surface area (Å²) in [6.07, 6.45) is 1.59. The summed E-state index contributed by atoms with van der Waals surface area (Å²) in [7, 11) is 0. The van der Waals surface area contributed by atoms with E-state index in [1.54, 1.807) is 18.3 Å². The fourth-order valence-electron chi connectivity index (χ4n) is 2.87. The highest BCUT2D eigenvalue weighted by Crippen LogP contribution is 2.18. The second-order valence-corrected chi connectivity index (χ2v) is 7.31. The Morgan fingerprint density at radius 2 is 1.62 bits per heavy atom. The molecule has 0 saturated heterocycles. The van der Waals surface area contributed by atoms with Gasteiger partial charge in [0.15, 0.2) is 0 Å². The Bertz CT molecular complexity index is 1190. The van der Waals surface area contributed by atoms with Gasteiger partial charge in [0, 0.05) is 11.6 Å².